The van der Waals surface area contributed by atoms with E-state index in [1.807, 2.05) is 19.1 Å². The Kier molecular flexibility index (Phi) is 25.1. The molecule has 0 radical (unpaired) electrons. The first kappa shape index (κ1) is 29.6. The zero-order valence-corrected chi connectivity index (χ0v) is 16.3. The molecule has 1 aromatic rings. The van der Waals surface area contributed by atoms with E-state index in [4.69, 9.17) is 5.21 Å². The van der Waals surface area contributed by atoms with Gasteiger partial charge in [0.05, 0.1) is 0 Å². The van der Waals surface area contributed by atoms with E-state index in [2.05, 4.69) is 10.3 Å². The molecule has 0 aliphatic rings. The summed E-state index contributed by atoms with van der Waals surface area (Å²) in [6, 6.07) is 3.98. The molecule has 0 bridgehead atoms. The van der Waals surface area contributed by atoms with Crippen molar-refractivity contribution < 1.29 is 55.9 Å². The number of rotatable bonds is 8. The van der Waals surface area contributed by atoms with Crippen molar-refractivity contribution in [2.75, 3.05) is 11.9 Å². The Balaban J connectivity index is -0.000000405. The van der Waals surface area contributed by atoms with Gasteiger partial charge in [0.25, 0.3) is 0 Å². The summed E-state index contributed by atoms with van der Waals surface area (Å²) >= 11 is 0. The van der Waals surface area contributed by atoms with E-state index in [0.717, 1.165) is 43.6 Å². The molecule has 132 valence electrons. The number of hydrogen-bond acceptors (Lipinski definition) is 5. The van der Waals surface area contributed by atoms with Gasteiger partial charge in [-0.15, -0.1) is 0 Å². The van der Waals surface area contributed by atoms with Gasteiger partial charge in [0.1, 0.15) is 0 Å². The van der Waals surface area contributed by atoms with Gasteiger partial charge in [-0.3, -0.25) is 15.0 Å². The average Bonchev–Trinajstić information content (AvgIpc) is 2.37. The number of pyridine rings is 1. The van der Waals surface area contributed by atoms with E-state index in [1.54, 1.807) is 11.7 Å². The first-order valence-corrected chi connectivity index (χ1v) is 6.32. The number of hydroxylamine groups is 1. The molecule has 1 heterocycles. The third-order valence-electron chi connectivity index (χ3n) is 2.68. The van der Waals surface area contributed by atoms with Gasteiger partial charge in [-0.25, -0.2) is 5.48 Å². The summed E-state index contributed by atoms with van der Waals surface area (Å²) < 4.78 is 0. The fraction of sp³-hybridized carbons (Fsp3) is 0.538. The summed E-state index contributed by atoms with van der Waals surface area (Å²) in [6.45, 7) is 2.90. The van der Waals surface area contributed by atoms with E-state index < -0.39 is 0 Å². The van der Waals surface area contributed by atoms with Crippen molar-refractivity contribution in [2.24, 2.45) is 0 Å². The number of anilines is 1. The van der Waals surface area contributed by atoms with Crippen LogP contribution in [0.4, 0.5) is 5.69 Å². The zero-order chi connectivity index (χ0) is 13.2. The van der Waals surface area contributed by atoms with E-state index in [-0.39, 0.29) is 57.9 Å². The number of amides is 1. The molecule has 6 nitrogen and oxygen atoms in total. The molecule has 0 saturated carbocycles. The molecule has 0 unspecified atom stereocenters. The fourth-order valence-corrected chi connectivity index (χ4v) is 1.71. The van der Waals surface area contributed by atoms with Crippen LogP contribution < -0.4 is 41.8 Å². The van der Waals surface area contributed by atoms with Gasteiger partial charge in [0.2, 0.25) is 5.91 Å². The minimum absolute atomic E-state index is 0. The quantitative estimate of drug-likeness (QED) is 0.157. The third kappa shape index (κ3) is 14.5. The number of unbranched alkanes of at least 4 members (excludes halogenated alkanes) is 3. The van der Waals surface area contributed by atoms with Crippen molar-refractivity contribution in [1.29, 1.82) is 0 Å². The van der Waals surface area contributed by atoms with E-state index in [1.165, 1.54) is 0 Å². The minimum atomic E-state index is -0.305. The Morgan fingerprint density at radius 1 is 1.23 bits per heavy atom. The molecular weight excluding hydrogens is 510 g/mol. The van der Waals surface area contributed by atoms with E-state index in [9.17, 15) is 4.79 Å². The van der Waals surface area contributed by atoms with Gasteiger partial charge in [0, 0.05) is 30.5 Å². The SMILES string of the molecule is Cc1cc(NCCCCCCC(=O)NO)ccn1.N.[Cl-].[Cl-].[Pt+2]. The largest absolute Gasteiger partial charge is 2.00 e. The second-order valence-corrected chi connectivity index (χ2v) is 4.31. The molecule has 22 heavy (non-hydrogen) atoms. The molecule has 9 heteroatoms. The van der Waals surface area contributed by atoms with E-state index >= 15 is 0 Å². The molecule has 0 atom stereocenters. The fourth-order valence-electron chi connectivity index (χ4n) is 1.71. The maximum absolute atomic E-state index is 10.7. The van der Waals surface area contributed by atoms with Crippen molar-refractivity contribution >= 4 is 11.6 Å². The van der Waals surface area contributed by atoms with Gasteiger partial charge < -0.3 is 36.3 Å². The number of nitrogens with one attached hydrogen (secondary N) is 2. The molecule has 0 saturated heterocycles. The predicted octanol–water partition coefficient (Wildman–Crippen LogP) is -3.57. The number of aromatic nitrogens is 1. The molecule has 0 aromatic carbocycles. The second kappa shape index (κ2) is 18.7. The van der Waals surface area contributed by atoms with Crippen LogP contribution in [0.1, 0.15) is 37.8 Å². The first-order valence-electron chi connectivity index (χ1n) is 6.32. The monoisotopic (exact) mass is 533 g/mol. The number of hydrogen-bond donors (Lipinski definition) is 4. The number of carbonyl (C=O) groups is 1. The number of aryl methyl sites for hydroxylation is 1. The molecule has 6 N–H and O–H groups in total. The molecule has 0 spiro atoms. The van der Waals surface area contributed by atoms with E-state index in [0.29, 0.717) is 6.42 Å². The van der Waals surface area contributed by atoms with Gasteiger partial charge in [-0.05, 0) is 31.9 Å². The van der Waals surface area contributed by atoms with Crippen LogP contribution in [0.3, 0.4) is 0 Å². The molecule has 0 aliphatic heterocycles. The van der Waals surface area contributed by atoms with Gasteiger partial charge in [-0.2, -0.15) is 0 Å². The normalized spacial score (nSPS) is 8.27. The van der Waals surface area contributed by atoms with Crippen molar-refractivity contribution in [2.45, 2.75) is 39.0 Å². The van der Waals surface area contributed by atoms with Crippen LogP contribution in [0.25, 0.3) is 0 Å². The van der Waals surface area contributed by atoms with Gasteiger partial charge in [-0.1, -0.05) is 12.8 Å². The Labute approximate surface area is 158 Å². The van der Waals surface area contributed by atoms with Crippen molar-refractivity contribution in [3.05, 3.63) is 24.0 Å². The molecule has 1 rings (SSSR count). The predicted molar refractivity (Wildman–Crippen MR) is 75.5 cm³/mol. The van der Waals surface area contributed by atoms with Crippen LogP contribution in [-0.4, -0.2) is 22.6 Å². The topological polar surface area (TPSA) is 109 Å². The number of nitrogens with zero attached hydrogens (tertiary/aromatic N) is 1. The summed E-state index contributed by atoms with van der Waals surface area (Å²) in [5.41, 5.74) is 3.75. The Morgan fingerprint density at radius 3 is 2.45 bits per heavy atom. The zero-order valence-electron chi connectivity index (χ0n) is 12.6. The Bertz CT molecular complexity index is 387. The van der Waals surface area contributed by atoms with Crippen LogP contribution in [-0.2, 0) is 25.9 Å². The molecular formula is C13H24Cl2N4O2Pt. The summed E-state index contributed by atoms with van der Waals surface area (Å²) in [7, 11) is 0. The maximum Gasteiger partial charge on any atom is 2.00 e. The minimum Gasteiger partial charge on any atom is -1.00 e. The summed E-state index contributed by atoms with van der Waals surface area (Å²) in [5.74, 6) is -0.305. The van der Waals surface area contributed by atoms with Crippen LogP contribution in [0.15, 0.2) is 18.3 Å². The maximum atomic E-state index is 10.7. The smallest absolute Gasteiger partial charge is 1.00 e. The Hall–Kier alpha value is -0.392. The van der Waals surface area contributed by atoms with Crippen molar-refractivity contribution in [3.8, 4) is 0 Å². The standard InChI is InChI=1S/C13H21N3O2.2ClH.H3N.Pt/c1-11-10-12(7-9-14-11)15-8-5-3-2-4-6-13(17)16-18;;;;/h7,9-10,18H,2-6,8H2,1H3,(H,14,15)(H,16,17);2*1H;1H3;/q;;;;+2/p-2. The number of halogens is 2. The average molecular weight is 534 g/mol. The van der Waals surface area contributed by atoms with Crippen LogP contribution in [0, 0.1) is 6.92 Å². The van der Waals surface area contributed by atoms with Crippen LogP contribution in [0.2, 0.25) is 0 Å². The summed E-state index contributed by atoms with van der Waals surface area (Å²) in [5, 5.41) is 11.6. The van der Waals surface area contributed by atoms with Crippen LogP contribution >= 0.6 is 0 Å². The van der Waals surface area contributed by atoms with Crippen molar-refractivity contribution in [3.63, 3.8) is 0 Å². The molecule has 0 aliphatic carbocycles. The molecule has 1 aromatic heterocycles. The van der Waals surface area contributed by atoms with Crippen LogP contribution in [0.5, 0.6) is 0 Å². The number of carbonyl (C=O) groups excluding carboxylic acids is 1. The summed E-state index contributed by atoms with van der Waals surface area (Å²) in [4.78, 5) is 14.9. The third-order valence-corrected chi connectivity index (χ3v) is 2.68. The molecule has 0 fully saturated rings. The first-order chi connectivity index (χ1) is 8.72. The second-order valence-electron chi connectivity index (χ2n) is 4.31. The molecule has 1 amide bonds. The van der Waals surface area contributed by atoms with Crippen molar-refractivity contribution in [1.82, 2.24) is 16.6 Å². The Morgan fingerprint density at radius 2 is 1.86 bits per heavy atom. The summed E-state index contributed by atoms with van der Waals surface area (Å²) in [6.07, 6.45) is 6.17. The van der Waals surface area contributed by atoms with Gasteiger partial charge >= 0.3 is 21.1 Å². The van der Waals surface area contributed by atoms with Gasteiger partial charge in [0.15, 0.2) is 0 Å².